The molecule has 0 aliphatic heterocycles. The molecule has 4 rings (SSSR count). The predicted octanol–water partition coefficient (Wildman–Crippen LogP) is 6.83. The van der Waals surface area contributed by atoms with E-state index in [9.17, 15) is 29.0 Å². The zero-order valence-electron chi connectivity index (χ0n) is 18.2. The fourth-order valence-electron chi connectivity index (χ4n) is 3.94. The van der Waals surface area contributed by atoms with Gasteiger partial charge in [0.25, 0.3) is 11.4 Å². The van der Waals surface area contributed by atoms with Crippen LogP contribution in [0.15, 0.2) is 84.9 Å². The Labute approximate surface area is 198 Å². The summed E-state index contributed by atoms with van der Waals surface area (Å²) in [5.41, 5.74) is 0.535. The fourth-order valence-corrected chi connectivity index (χ4v) is 3.94. The monoisotopic (exact) mass is 476 g/mol. The summed E-state index contributed by atoms with van der Waals surface area (Å²) in [4.78, 5) is 21.8. The topological polar surface area (TPSA) is 95.5 Å². The van der Waals surface area contributed by atoms with Crippen LogP contribution in [0.2, 0.25) is 0 Å². The average molecular weight is 476 g/mol. The van der Waals surface area contributed by atoms with Gasteiger partial charge in [0.1, 0.15) is 11.6 Å². The number of nitro benzene ring substituents is 2. The number of ether oxygens (including phenoxy) is 1. The number of hydrogen-bond acceptors (Lipinski definition) is 5. The third-order valence-corrected chi connectivity index (χ3v) is 5.46. The summed E-state index contributed by atoms with van der Waals surface area (Å²) in [5.74, 6) is -1.29. The Morgan fingerprint density at radius 1 is 0.600 bits per heavy atom. The van der Waals surface area contributed by atoms with E-state index in [0.29, 0.717) is 11.1 Å². The van der Waals surface area contributed by atoms with Gasteiger partial charge >= 0.3 is 0 Å². The number of halogens is 2. The van der Waals surface area contributed by atoms with Gasteiger partial charge in [-0.05, 0) is 35.4 Å². The standard InChI is InChI=1S/C26H18F2N2O5/c27-21-11-5-7-17(25(21)19-9-1-3-13-23(19)29(31)32)15-35-16-18-8-6-12-22(28)26(18)20-10-2-4-14-24(20)30(33)34/h1-14H,15-16H2. The van der Waals surface area contributed by atoms with Gasteiger partial charge in [-0.1, -0.05) is 48.5 Å². The Kier molecular flexibility index (Phi) is 6.88. The van der Waals surface area contributed by atoms with E-state index in [1.165, 1.54) is 60.7 Å². The summed E-state index contributed by atoms with van der Waals surface area (Å²) in [6, 6.07) is 20.1. The summed E-state index contributed by atoms with van der Waals surface area (Å²) in [7, 11) is 0. The third kappa shape index (κ3) is 4.90. The van der Waals surface area contributed by atoms with Crippen LogP contribution in [0.3, 0.4) is 0 Å². The number of hydrogen-bond donors (Lipinski definition) is 0. The highest BCUT2D eigenvalue weighted by Gasteiger charge is 2.22. The SMILES string of the molecule is O=[N+]([O-])c1ccccc1-c1c(F)cccc1COCc1cccc(F)c1-c1ccccc1[N+](=O)[O-]. The van der Waals surface area contributed by atoms with Gasteiger partial charge < -0.3 is 4.74 Å². The first kappa shape index (κ1) is 23.7. The zero-order chi connectivity index (χ0) is 24.9. The highest BCUT2D eigenvalue weighted by molar-refractivity contribution is 5.77. The Morgan fingerprint density at radius 2 is 1.00 bits per heavy atom. The second kappa shape index (κ2) is 10.2. The molecule has 0 bridgehead atoms. The highest BCUT2D eigenvalue weighted by atomic mass is 19.1. The molecule has 176 valence electrons. The summed E-state index contributed by atoms with van der Waals surface area (Å²) in [6.07, 6.45) is 0. The van der Waals surface area contributed by atoms with E-state index >= 15 is 0 Å². The van der Waals surface area contributed by atoms with Gasteiger partial charge in [-0.25, -0.2) is 8.78 Å². The van der Waals surface area contributed by atoms with Crippen molar-refractivity contribution in [3.05, 3.63) is 128 Å². The molecule has 0 saturated heterocycles. The Hall–Kier alpha value is -4.50. The minimum atomic E-state index is -0.647. The molecule has 4 aromatic carbocycles. The van der Waals surface area contributed by atoms with E-state index in [1.807, 2.05) is 0 Å². The molecule has 0 atom stereocenters. The molecular formula is C26H18F2N2O5. The van der Waals surface area contributed by atoms with E-state index in [4.69, 9.17) is 4.74 Å². The largest absolute Gasteiger partial charge is 0.372 e. The summed E-state index contributed by atoms with van der Waals surface area (Å²) in [6.45, 7) is -0.266. The van der Waals surface area contributed by atoms with Crippen molar-refractivity contribution in [2.75, 3.05) is 0 Å². The fraction of sp³-hybridized carbons (Fsp3) is 0.0769. The van der Waals surface area contributed by atoms with E-state index in [2.05, 4.69) is 0 Å². The van der Waals surface area contributed by atoms with Crippen molar-refractivity contribution in [2.24, 2.45) is 0 Å². The quantitative estimate of drug-likeness (QED) is 0.205. The lowest BCUT2D eigenvalue weighted by Crippen LogP contribution is -2.02. The maximum atomic E-state index is 14.8. The molecule has 0 aromatic heterocycles. The molecular weight excluding hydrogens is 458 g/mol. The van der Waals surface area contributed by atoms with Gasteiger partial charge in [-0.15, -0.1) is 0 Å². The Bertz CT molecular complexity index is 1320. The van der Waals surface area contributed by atoms with Crippen molar-refractivity contribution in [2.45, 2.75) is 13.2 Å². The first-order valence-electron chi connectivity index (χ1n) is 10.5. The van der Waals surface area contributed by atoms with E-state index < -0.39 is 21.5 Å². The second-order valence-electron chi connectivity index (χ2n) is 7.59. The van der Waals surface area contributed by atoms with Crippen LogP contribution < -0.4 is 0 Å². The number of para-hydroxylation sites is 2. The third-order valence-electron chi connectivity index (χ3n) is 5.46. The van der Waals surface area contributed by atoms with Crippen LogP contribution in [0.25, 0.3) is 22.3 Å². The van der Waals surface area contributed by atoms with Crippen LogP contribution in [0, 0.1) is 31.9 Å². The molecule has 0 amide bonds. The average Bonchev–Trinajstić information content (AvgIpc) is 2.84. The van der Waals surface area contributed by atoms with Gasteiger partial charge in [0, 0.05) is 23.3 Å². The zero-order valence-corrected chi connectivity index (χ0v) is 18.2. The van der Waals surface area contributed by atoms with Crippen LogP contribution in [0.4, 0.5) is 20.2 Å². The highest BCUT2D eigenvalue weighted by Crippen LogP contribution is 2.36. The molecule has 4 aromatic rings. The van der Waals surface area contributed by atoms with Gasteiger partial charge in [0.15, 0.2) is 0 Å². The molecule has 0 N–H and O–H groups in total. The van der Waals surface area contributed by atoms with E-state index in [1.54, 1.807) is 24.3 Å². The first-order chi connectivity index (χ1) is 16.9. The van der Waals surface area contributed by atoms with Crippen molar-refractivity contribution in [1.29, 1.82) is 0 Å². The lowest BCUT2D eigenvalue weighted by atomic mass is 9.97. The molecule has 0 fully saturated rings. The molecule has 0 aliphatic rings. The summed E-state index contributed by atoms with van der Waals surface area (Å²) >= 11 is 0. The molecule has 0 heterocycles. The Balaban J connectivity index is 1.66. The van der Waals surface area contributed by atoms with Crippen molar-refractivity contribution in [1.82, 2.24) is 0 Å². The number of nitro groups is 2. The van der Waals surface area contributed by atoms with Gasteiger partial charge in [-0.2, -0.15) is 0 Å². The van der Waals surface area contributed by atoms with Crippen LogP contribution >= 0.6 is 0 Å². The van der Waals surface area contributed by atoms with Crippen LogP contribution in [-0.4, -0.2) is 9.85 Å². The molecule has 0 radical (unpaired) electrons. The number of rotatable bonds is 8. The lowest BCUT2D eigenvalue weighted by molar-refractivity contribution is -0.384. The van der Waals surface area contributed by atoms with Crippen molar-refractivity contribution < 1.29 is 23.4 Å². The predicted molar refractivity (Wildman–Crippen MR) is 125 cm³/mol. The molecule has 0 unspecified atom stereocenters. The maximum absolute atomic E-state index is 14.8. The normalized spacial score (nSPS) is 10.8. The summed E-state index contributed by atoms with van der Waals surface area (Å²) in [5, 5.41) is 22.9. The first-order valence-corrected chi connectivity index (χ1v) is 10.5. The minimum Gasteiger partial charge on any atom is -0.372 e. The minimum absolute atomic E-state index is 0.0398. The van der Waals surface area contributed by atoms with Gasteiger partial charge in [-0.3, -0.25) is 20.2 Å². The molecule has 0 spiro atoms. The molecule has 0 saturated carbocycles. The number of benzene rings is 4. The van der Waals surface area contributed by atoms with Crippen molar-refractivity contribution in [3.63, 3.8) is 0 Å². The molecule has 0 aliphatic carbocycles. The second-order valence-corrected chi connectivity index (χ2v) is 7.59. The Morgan fingerprint density at radius 3 is 1.40 bits per heavy atom. The van der Waals surface area contributed by atoms with Crippen molar-refractivity contribution >= 4 is 11.4 Å². The molecule has 7 nitrogen and oxygen atoms in total. The molecule has 35 heavy (non-hydrogen) atoms. The van der Waals surface area contributed by atoms with Gasteiger partial charge in [0.05, 0.1) is 34.2 Å². The summed E-state index contributed by atoms with van der Waals surface area (Å²) < 4.78 is 35.4. The molecule has 9 heteroatoms. The van der Waals surface area contributed by atoms with Crippen LogP contribution in [0.1, 0.15) is 11.1 Å². The lowest BCUT2D eigenvalue weighted by Gasteiger charge is -2.14. The number of nitrogens with zero attached hydrogens (tertiary/aromatic N) is 2. The van der Waals surface area contributed by atoms with Crippen molar-refractivity contribution in [3.8, 4) is 22.3 Å². The smallest absolute Gasteiger partial charge is 0.277 e. The van der Waals surface area contributed by atoms with E-state index in [-0.39, 0.29) is 46.8 Å². The van der Waals surface area contributed by atoms with Crippen LogP contribution in [-0.2, 0) is 18.0 Å². The van der Waals surface area contributed by atoms with Gasteiger partial charge in [0.2, 0.25) is 0 Å². The van der Waals surface area contributed by atoms with Crippen LogP contribution in [0.5, 0.6) is 0 Å². The maximum Gasteiger partial charge on any atom is 0.277 e. The van der Waals surface area contributed by atoms with E-state index in [0.717, 1.165) is 0 Å².